The van der Waals surface area contributed by atoms with E-state index >= 15 is 0 Å². The molecule has 9 nitrogen and oxygen atoms in total. The van der Waals surface area contributed by atoms with Gasteiger partial charge in [0.25, 0.3) is 5.56 Å². The van der Waals surface area contributed by atoms with E-state index < -0.39 is 18.0 Å². The maximum atomic E-state index is 13.6. The summed E-state index contributed by atoms with van der Waals surface area (Å²) in [5.41, 5.74) is 1.64. The van der Waals surface area contributed by atoms with E-state index in [-0.39, 0.29) is 23.3 Å². The molecule has 0 N–H and O–H groups in total. The number of carbonyl (C=O) groups excluding carboxylic acids is 2. The Hall–Kier alpha value is -4.18. The summed E-state index contributed by atoms with van der Waals surface area (Å²) >= 11 is 1.17. The van der Waals surface area contributed by atoms with Gasteiger partial charge in [0.2, 0.25) is 0 Å². The summed E-state index contributed by atoms with van der Waals surface area (Å²) in [7, 11) is 3.03. The molecule has 0 bridgehead atoms. The van der Waals surface area contributed by atoms with Crippen molar-refractivity contribution in [2.24, 2.45) is 4.99 Å². The number of hydrogen-bond donors (Lipinski definition) is 0. The summed E-state index contributed by atoms with van der Waals surface area (Å²) in [4.78, 5) is 42.6. The van der Waals surface area contributed by atoms with Crippen molar-refractivity contribution < 1.29 is 28.9 Å². The average molecular weight is 508 g/mol. The fourth-order valence-corrected chi connectivity index (χ4v) is 5.04. The molecule has 0 aliphatic carbocycles. The fourth-order valence-electron chi connectivity index (χ4n) is 4.00. The van der Waals surface area contributed by atoms with E-state index in [0.29, 0.717) is 37.7 Å². The number of methoxy groups -OCH3 is 2. The maximum Gasteiger partial charge on any atom is 0.338 e. The molecule has 36 heavy (non-hydrogen) atoms. The lowest BCUT2D eigenvalue weighted by Gasteiger charge is -2.25. The van der Waals surface area contributed by atoms with Crippen LogP contribution in [0, 0.1) is 0 Å². The van der Waals surface area contributed by atoms with Crippen molar-refractivity contribution in [2.45, 2.75) is 19.9 Å². The first-order valence-corrected chi connectivity index (χ1v) is 11.8. The number of carbonyl (C=O) groups is 2. The number of benzene rings is 2. The predicted molar refractivity (Wildman–Crippen MR) is 131 cm³/mol. The Labute approximate surface area is 210 Å². The van der Waals surface area contributed by atoms with Crippen molar-refractivity contribution in [1.82, 2.24) is 4.57 Å². The van der Waals surface area contributed by atoms with E-state index in [1.165, 1.54) is 42.3 Å². The lowest BCUT2D eigenvalue weighted by Crippen LogP contribution is -2.40. The molecule has 0 saturated carbocycles. The van der Waals surface area contributed by atoms with Crippen LogP contribution in [0.1, 0.15) is 41.4 Å². The summed E-state index contributed by atoms with van der Waals surface area (Å²) in [6, 6.07) is 10.4. The highest BCUT2D eigenvalue weighted by atomic mass is 32.1. The summed E-state index contributed by atoms with van der Waals surface area (Å²) in [6.45, 7) is 3.58. The van der Waals surface area contributed by atoms with Gasteiger partial charge in [0, 0.05) is 0 Å². The number of rotatable bonds is 7. The molecule has 1 atom stereocenters. The molecule has 2 heterocycles. The number of thiazole rings is 1. The van der Waals surface area contributed by atoms with E-state index in [9.17, 15) is 19.5 Å². The SMILES string of the molecule is CCOC(=O)C1=C(C)N=c2s/c(=C\c3ccc(C(=O)[O-])cc3)c(=O)n2[C@@H]1c1ccc(OC)c(OC)c1. The molecule has 1 aliphatic heterocycles. The monoisotopic (exact) mass is 507 g/mol. The Bertz CT molecular complexity index is 1550. The molecule has 0 fully saturated rings. The largest absolute Gasteiger partial charge is 0.545 e. The van der Waals surface area contributed by atoms with Gasteiger partial charge in [-0.25, -0.2) is 9.79 Å². The Morgan fingerprint density at radius 3 is 2.42 bits per heavy atom. The van der Waals surface area contributed by atoms with Gasteiger partial charge in [-0.05, 0) is 48.7 Å². The number of aromatic nitrogens is 1. The highest BCUT2D eigenvalue weighted by Gasteiger charge is 2.33. The molecule has 2 aromatic carbocycles. The lowest BCUT2D eigenvalue weighted by atomic mass is 9.95. The zero-order valence-electron chi connectivity index (χ0n) is 20.1. The van der Waals surface area contributed by atoms with Crippen molar-refractivity contribution in [3.63, 3.8) is 0 Å². The van der Waals surface area contributed by atoms with E-state index in [1.54, 1.807) is 50.3 Å². The Balaban J connectivity index is 1.93. The van der Waals surface area contributed by atoms with Gasteiger partial charge in [-0.15, -0.1) is 0 Å². The Morgan fingerprint density at radius 2 is 1.81 bits per heavy atom. The van der Waals surface area contributed by atoms with E-state index in [2.05, 4.69) is 4.99 Å². The topological polar surface area (TPSA) is 119 Å². The molecule has 3 aromatic rings. The summed E-state index contributed by atoms with van der Waals surface area (Å²) in [6.07, 6.45) is 1.65. The molecule has 10 heteroatoms. The standard InChI is InChI=1S/C26H24N2O7S/c1-5-35-25(32)21-14(2)27-26-28(22(21)17-10-11-18(33-3)19(13-17)34-4)23(29)20(36-26)12-15-6-8-16(9-7-15)24(30)31/h6-13,22H,5H2,1-4H3,(H,30,31)/p-1/b20-12-/t22-/m1/s1. The number of hydrogen-bond acceptors (Lipinski definition) is 9. The van der Waals surface area contributed by atoms with Crippen LogP contribution in [0.3, 0.4) is 0 Å². The molecule has 0 spiro atoms. The third-order valence-corrected chi connectivity index (χ3v) is 6.67. The van der Waals surface area contributed by atoms with Crippen LogP contribution in [0.5, 0.6) is 11.5 Å². The molecular weight excluding hydrogens is 484 g/mol. The third kappa shape index (κ3) is 4.55. The Morgan fingerprint density at radius 1 is 1.11 bits per heavy atom. The molecular formula is C26H23N2O7S-. The highest BCUT2D eigenvalue weighted by molar-refractivity contribution is 7.07. The molecule has 1 aromatic heterocycles. The minimum atomic E-state index is -1.28. The second-order valence-corrected chi connectivity index (χ2v) is 8.84. The zero-order chi connectivity index (χ0) is 26.0. The number of carboxylic acid groups (broad SMARTS) is 1. The second-order valence-electron chi connectivity index (χ2n) is 7.83. The van der Waals surface area contributed by atoms with Gasteiger partial charge < -0.3 is 24.1 Å². The van der Waals surface area contributed by atoms with Crippen LogP contribution >= 0.6 is 11.3 Å². The number of aromatic carboxylic acids is 1. The fraction of sp³-hybridized carbons (Fsp3) is 0.231. The first-order chi connectivity index (χ1) is 17.3. The highest BCUT2D eigenvalue weighted by Crippen LogP contribution is 2.36. The average Bonchev–Trinajstić information content (AvgIpc) is 3.17. The maximum absolute atomic E-state index is 13.6. The van der Waals surface area contributed by atoms with Crippen molar-refractivity contribution in [3.05, 3.63) is 90.1 Å². The number of fused-ring (bicyclic) bond motifs is 1. The van der Waals surface area contributed by atoms with Crippen molar-refractivity contribution >= 4 is 29.4 Å². The molecule has 0 unspecified atom stereocenters. The Kier molecular flexibility index (Phi) is 7.07. The van der Waals surface area contributed by atoms with Gasteiger partial charge in [0.1, 0.15) is 0 Å². The van der Waals surface area contributed by atoms with Crippen LogP contribution < -0.4 is 29.5 Å². The van der Waals surface area contributed by atoms with Gasteiger partial charge >= 0.3 is 5.97 Å². The van der Waals surface area contributed by atoms with E-state index in [0.717, 1.165) is 0 Å². The van der Waals surface area contributed by atoms with E-state index in [1.807, 2.05) is 0 Å². The minimum Gasteiger partial charge on any atom is -0.545 e. The van der Waals surface area contributed by atoms with Crippen LogP contribution in [0.15, 0.2) is 63.5 Å². The van der Waals surface area contributed by atoms with Gasteiger partial charge in [-0.2, -0.15) is 0 Å². The van der Waals surface area contributed by atoms with Crippen LogP contribution in [0.25, 0.3) is 6.08 Å². The third-order valence-electron chi connectivity index (χ3n) is 5.68. The molecule has 1 aliphatic rings. The number of ether oxygens (including phenoxy) is 3. The summed E-state index contributed by atoms with van der Waals surface area (Å²) in [5.74, 6) is -0.890. The number of allylic oxidation sites excluding steroid dienone is 1. The summed E-state index contributed by atoms with van der Waals surface area (Å²) in [5, 5.41) is 11.0. The van der Waals surface area contributed by atoms with Crippen LogP contribution in [-0.4, -0.2) is 37.3 Å². The van der Waals surface area contributed by atoms with Gasteiger partial charge in [-0.1, -0.05) is 41.7 Å². The molecule has 4 rings (SSSR count). The molecule has 186 valence electrons. The first kappa shape index (κ1) is 24.9. The normalized spacial score (nSPS) is 15.2. The number of esters is 1. The molecule has 0 saturated heterocycles. The number of nitrogens with zero attached hydrogens (tertiary/aromatic N) is 2. The van der Waals surface area contributed by atoms with Crippen LogP contribution in [0.2, 0.25) is 0 Å². The zero-order valence-corrected chi connectivity index (χ0v) is 20.9. The van der Waals surface area contributed by atoms with Crippen molar-refractivity contribution in [1.29, 1.82) is 0 Å². The van der Waals surface area contributed by atoms with Gasteiger partial charge in [0.15, 0.2) is 16.3 Å². The van der Waals surface area contributed by atoms with Gasteiger partial charge in [0.05, 0.1) is 48.6 Å². The van der Waals surface area contributed by atoms with Gasteiger partial charge in [-0.3, -0.25) is 9.36 Å². The van der Waals surface area contributed by atoms with Crippen molar-refractivity contribution in [3.8, 4) is 11.5 Å². The van der Waals surface area contributed by atoms with Crippen LogP contribution in [0.4, 0.5) is 0 Å². The quantitative estimate of drug-likeness (QED) is 0.441. The second kappa shape index (κ2) is 10.2. The van der Waals surface area contributed by atoms with Crippen LogP contribution in [-0.2, 0) is 9.53 Å². The number of carboxylic acids is 1. The minimum absolute atomic E-state index is 0.0387. The molecule has 0 amide bonds. The smallest absolute Gasteiger partial charge is 0.338 e. The van der Waals surface area contributed by atoms with E-state index in [4.69, 9.17) is 14.2 Å². The predicted octanol–water partition coefficient (Wildman–Crippen LogP) is 1.18. The lowest BCUT2D eigenvalue weighted by molar-refractivity contribution is -0.255. The molecule has 0 radical (unpaired) electrons. The summed E-state index contributed by atoms with van der Waals surface area (Å²) < 4.78 is 17.9. The van der Waals surface area contributed by atoms with Crippen molar-refractivity contribution in [2.75, 3.05) is 20.8 Å². The first-order valence-electron chi connectivity index (χ1n) is 11.0.